The molecule has 1 unspecified atom stereocenters. The molecule has 0 bridgehead atoms. The van der Waals surface area contributed by atoms with Crippen molar-refractivity contribution in [2.45, 2.75) is 69.1 Å². The van der Waals surface area contributed by atoms with Crippen molar-refractivity contribution in [3.8, 4) is 0 Å². The Hall–Kier alpha value is 0.200. The molecule has 0 amide bonds. The van der Waals surface area contributed by atoms with Crippen LogP contribution >= 0.6 is 11.6 Å². The molecule has 0 radical (unpaired) electrons. The molecule has 2 rings (SSSR count). The second-order valence-corrected chi connectivity index (χ2v) is 8.09. The van der Waals surface area contributed by atoms with E-state index in [4.69, 9.17) is 11.6 Å². The lowest BCUT2D eigenvalue weighted by molar-refractivity contribution is 0.242. The standard InChI is InChI=1S/C13H24ClNO2S/c14-10-9-12-6-4-5-11-15(12)18(16,17)13-7-2-1-3-8-13/h12-13H,1-11H2. The molecule has 18 heavy (non-hydrogen) atoms. The number of sulfonamides is 1. The van der Waals surface area contributed by atoms with Crippen LogP contribution in [0, 0.1) is 0 Å². The molecule has 2 fully saturated rings. The van der Waals surface area contributed by atoms with Crippen molar-refractivity contribution in [2.75, 3.05) is 12.4 Å². The van der Waals surface area contributed by atoms with Crippen LogP contribution in [0.15, 0.2) is 0 Å². The van der Waals surface area contributed by atoms with E-state index in [1.54, 1.807) is 4.31 Å². The molecule has 0 aromatic heterocycles. The second kappa shape index (κ2) is 6.58. The Morgan fingerprint density at radius 2 is 1.67 bits per heavy atom. The van der Waals surface area contributed by atoms with E-state index < -0.39 is 10.0 Å². The number of hydrogen-bond donors (Lipinski definition) is 0. The first-order valence-corrected chi connectivity index (χ1v) is 9.26. The Balaban J connectivity index is 2.10. The van der Waals surface area contributed by atoms with E-state index in [9.17, 15) is 8.42 Å². The zero-order valence-corrected chi connectivity index (χ0v) is 12.6. The molecule has 0 aromatic rings. The van der Waals surface area contributed by atoms with Crippen LogP contribution in [0.2, 0.25) is 0 Å². The summed E-state index contributed by atoms with van der Waals surface area (Å²) in [7, 11) is -3.08. The summed E-state index contributed by atoms with van der Waals surface area (Å²) in [5.74, 6) is 0.557. The molecule has 2 aliphatic rings. The fourth-order valence-electron chi connectivity index (χ4n) is 3.28. The molecular weight excluding hydrogens is 270 g/mol. The Bertz CT molecular complexity index is 350. The molecule has 1 saturated heterocycles. The van der Waals surface area contributed by atoms with Crippen molar-refractivity contribution in [1.82, 2.24) is 4.31 Å². The molecule has 1 aliphatic heterocycles. The third-order valence-electron chi connectivity index (χ3n) is 4.32. The van der Waals surface area contributed by atoms with Gasteiger partial charge in [0.05, 0.1) is 5.25 Å². The van der Waals surface area contributed by atoms with Gasteiger partial charge in [-0.25, -0.2) is 8.42 Å². The molecule has 0 aromatic carbocycles. The van der Waals surface area contributed by atoms with Crippen LogP contribution in [-0.4, -0.2) is 36.4 Å². The highest BCUT2D eigenvalue weighted by Gasteiger charge is 2.37. The zero-order valence-electron chi connectivity index (χ0n) is 11.0. The molecule has 1 saturated carbocycles. The molecule has 1 atom stereocenters. The highest BCUT2D eigenvalue weighted by Crippen LogP contribution is 2.31. The van der Waals surface area contributed by atoms with Gasteiger partial charge >= 0.3 is 0 Å². The number of rotatable bonds is 4. The molecule has 106 valence electrons. The fourth-order valence-corrected chi connectivity index (χ4v) is 5.85. The van der Waals surface area contributed by atoms with Gasteiger partial charge in [-0.3, -0.25) is 0 Å². The summed E-state index contributed by atoms with van der Waals surface area (Å²) in [6, 6.07) is 0.156. The summed E-state index contributed by atoms with van der Waals surface area (Å²) in [4.78, 5) is 0. The summed E-state index contributed by atoms with van der Waals surface area (Å²) in [5, 5.41) is -0.123. The van der Waals surface area contributed by atoms with Crippen molar-refractivity contribution < 1.29 is 8.42 Å². The highest BCUT2D eigenvalue weighted by molar-refractivity contribution is 7.89. The maximum atomic E-state index is 12.7. The van der Waals surface area contributed by atoms with Gasteiger partial charge < -0.3 is 0 Å². The topological polar surface area (TPSA) is 37.4 Å². The maximum absolute atomic E-state index is 12.7. The lowest BCUT2D eigenvalue weighted by atomic mass is 10.0. The van der Waals surface area contributed by atoms with Gasteiger partial charge in [0.15, 0.2) is 0 Å². The van der Waals surface area contributed by atoms with E-state index >= 15 is 0 Å². The minimum absolute atomic E-state index is 0.123. The minimum atomic E-state index is -3.08. The van der Waals surface area contributed by atoms with Crippen molar-refractivity contribution in [3.05, 3.63) is 0 Å². The molecule has 1 aliphatic carbocycles. The van der Waals surface area contributed by atoms with Crippen molar-refractivity contribution >= 4 is 21.6 Å². The van der Waals surface area contributed by atoms with E-state index in [1.165, 1.54) is 6.42 Å². The summed E-state index contributed by atoms with van der Waals surface area (Å²) in [6.45, 7) is 0.709. The predicted molar refractivity (Wildman–Crippen MR) is 75.5 cm³/mol. The normalized spacial score (nSPS) is 28.4. The lowest BCUT2D eigenvalue weighted by Gasteiger charge is -2.37. The van der Waals surface area contributed by atoms with Crippen LogP contribution in [0.25, 0.3) is 0 Å². The summed E-state index contributed by atoms with van der Waals surface area (Å²) in [5.41, 5.74) is 0. The van der Waals surface area contributed by atoms with Crippen LogP contribution in [0.3, 0.4) is 0 Å². The van der Waals surface area contributed by atoms with Crippen LogP contribution < -0.4 is 0 Å². The SMILES string of the molecule is O=S(=O)(C1CCCCC1)N1CCCCC1CCCl. The Morgan fingerprint density at radius 3 is 2.33 bits per heavy atom. The highest BCUT2D eigenvalue weighted by atomic mass is 35.5. The summed E-state index contributed by atoms with van der Waals surface area (Å²) >= 11 is 5.81. The number of halogens is 1. The Morgan fingerprint density at radius 1 is 1.00 bits per heavy atom. The number of alkyl halides is 1. The first-order valence-electron chi connectivity index (χ1n) is 7.23. The van der Waals surface area contributed by atoms with Gasteiger partial charge in [0.2, 0.25) is 10.0 Å². The van der Waals surface area contributed by atoms with Crippen LogP contribution in [0.5, 0.6) is 0 Å². The summed E-state index contributed by atoms with van der Waals surface area (Å²) in [6.07, 6.45) is 8.96. The van der Waals surface area contributed by atoms with Crippen LogP contribution in [0.1, 0.15) is 57.8 Å². The quantitative estimate of drug-likeness (QED) is 0.747. The van der Waals surface area contributed by atoms with Gasteiger partial charge in [0, 0.05) is 18.5 Å². The van der Waals surface area contributed by atoms with Gasteiger partial charge in [-0.2, -0.15) is 4.31 Å². The average Bonchev–Trinajstić information content (AvgIpc) is 2.41. The van der Waals surface area contributed by atoms with Crippen molar-refractivity contribution in [2.24, 2.45) is 0 Å². The van der Waals surface area contributed by atoms with Gasteiger partial charge in [0.1, 0.15) is 0 Å². The van der Waals surface area contributed by atoms with Gasteiger partial charge in [-0.15, -0.1) is 11.6 Å². The largest absolute Gasteiger partial charge is 0.217 e. The average molecular weight is 294 g/mol. The fraction of sp³-hybridized carbons (Fsp3) is 1.00. The third-order valence-corrected chi connectivity index (χ3v) is 6.98. The van der Waals surface area contributed by atoms with Crippen LogP contribution in [0.4, 0.5) is 0 Å². The van der Waals surface area contributed by atoms with E-state index in [-0.39, 0.29) is 11.3 Å². The van der Waals surface area contributed by atoms with E-state index in [0.29, 0.717) is 12.4 Å². The van der Waals surface area contributed by atoms with Crippen molar-refractivity contribution in [1.29, 1.82) is 0 Å². The molecule has 5 heteroatoms. The van der Waals surface area contributed by atoms with E-state index in [0.717, 1.165) is 51.4 Å². The van der Waals surface area contributed by atoms with Gasteiger partial charge in [-0.1, -0.05) is 25.7 Å². The zero-order chi connectivity index (χ0) is 13.0. The molecule has 1 heterocycles. The smallest absolute Gasteiger partial charge is 0.212 e. The molecule has 0 N–H and O–H groups in total. The maximum Gasteiger partial charge on any atom is 0.217 e. The summed E-state index contributed by atoms with van der Waals surface area (Å²) < 4.78 is 27.2. The number of nitrogens with zero attached hydrogens (tertiary/aromatic N) is 1. The minimum Gasteiger partial charge on any atom is -0.212 e. The first-order chi connectivity index (χ1) is 8.66. The third kappa shape index (κ3) is 3.20. The first kappa shape index (κ1) is 14.6. The second-order valence-electron chi connectivity index (χ2n) is 5.54. The molecular formula is C13H24ClNO2S. The molecule has 0 spiro atoms. The number of hydrogen-bond acceptors (Lipinski definition) is 2. The van der Waals surface area contributed by atoms with Crippen molar-refractivity contribution in [3.63, 3.8) is 0 Å². The van der Waals surface area contributed by atoms with Gasteiger partial charge in [-0.05, 0) is 32.1 Å². The number of piperidine rings is 1. The Kier molecular flexibility index (Phi) is 5.34. The van der Waals surface area contributed by atoms with Crippen LogP contribution in [-0.2, 0) is 10.0 Å². The lowest BCUT2D eigenvalue weighted by Crippen LogP contribution is -2.48. The predicted octanol–water partition coefficient (Wildman–Crippen LogP) is 3.13. The monoisotopic (exact) mass is 293 g/mol. The van der Waals surface area contributed by atoms with E-state index in [1.807, 2.05) is 0 Å². The Labute approximate surface area is 116 Å². The van der Waals surface area contributed by atoms with E-state index in [2.05, 4.69) is 0 Å². The molecule has 3 nitrogen and oxygen atoms in total. The van der Waals surface area contributed by atoms with Gasteiger partial charge in [0.25, 0.3) is 0 Å².